The van der Waals surface area contributed by atoms with Crippen molar-refractivity contribution in [3.8, 4) is 0 Å². The minimum atomic E-state index is -0.271. The Morgan fingerprint density at radius 3 is 3.00 bits per heavy atom. The zero-order valence-electron chi connectivity index (χ0n) is 16.0. The van der Waals surface area contributed by atoms with Gasteiger partial charge in [0, 0.05) is 23.9 Å². The van der Waals surface area contributed by atoms with E-state index in [-0.39, 0.29) is 17.7 Å². The molecular weight excluding hydrogens is 374 g/mol. The first-order valence-corrected chi connectivity index (χ1v) is 10.8. The highest BCUT2D eigenvalue weighted by molar-refractivity contribution is 7.98. The van der Waals surface area contributed by atoms with Crippen LogP contribution in [0.4, 0.5) is 0 Å². The van der Waals surface area contributed by atoms with Crippen molar-refractivity contribution in [1.29, 1.82) is 0 Å². The van der Waals surface area contributed by atoms with Crippen molar-refractivity contribution < 1.29 is 9.59 Å². The number of hydrogen-bond acceptors (Lipinski definition) is 5. The molecule has 1 aliphatic rings. The molecule has 0 aromatic carbocycles. The number of ketones is 1. The van der Waals surface area contributed by atoms with Crippen molar-refractivity contribution in [3.63, 3.8) is 0 Å². The summed E-state index contributed by atoms with van der Waals surface area (Å²) in [7, 11) is 0. The van der Waals surface area contributed by atoms with Gasteiger partial charge in [-0.05, 0) is 55.9 Å². The van der Waals surface area contributed by atoms with Crippen LogP contribution in [0.3, 0.4) is 0 Å². The molecule has 0 fully saturated rings. The van der Waals surface area contributed by atoms with Crippen molar-refractivity contribution in [3.05, 3.63) is 52.7 Å². The van der Waals surface area contributed by atoms with Gasteiger partial charge in [-0.3, -0.25) is 14.0 Å². The predicted octanol–water partition coefficient (Wildman–Crippen LogP) is 3.11. The van der Waals surface area contributed by atoms with E-state index in [1.54, 1.807) is 11.8 Å². The average Bonchev–Trinajstić information content (AvgIpc) is 3.27. The summed E-state index contributed by atoms with van der Waals surface area (Å²) >= 11 is 1.72. The van der Waals surface area contributed by atoms with E-state index < -0.39 is 0 Å². The molecule has 3 heterocycles. The van der Waals surface area contributed by atoms with E-state index in [2.05, 4.69) is 20.5 Å². The normalized spacial score (nSPS) is 14.9. The van der Waals surface area contributed by atoms with Crippen LogP contribution in [0.2, 0.25) is 0 Å². The molecule has 0 spiro atoms. The summed E-state index contributed by atoms with van der Waals surface area (Å²) in [5.41, 5.74) is 3.55. The first-order chi connectivity index (χ1) is 13.6. The van der Waals surface area contributed by atoms with Crippen molar-refractivity contribution in [2.45, 2.75) is 38.6 Å². The van der Waals surface area contributed by atoms with Crippen LogP contribution in [0.1, 0.15) is 63.2 Å². The fraction of sp³-hybridized carbons (Fsp3) is 0.400. The maximum absolute atomic E-state index is 13.1. The number of aromatic nitrogens is 4. The van der Waals surface area contributed by atoms with Gasteiger partial charge in [0.15, 0.2) is 17.3 Å². The Labute approximate surface area is 167 Å². The molecule has 4 rings (SSSR count). The fourth-order valence-corrected chi connectivity index (χ4v) is 4.30. The van der Waals surface area contributed by atoms with E-state index in [0.29, 0.717) is 23.5 Å². The topological polar surface area (TPSA) is 92.1 Å². The number of Topliss-reactive ketones (excluding diaryl/α,β-unsaturated/α-hetero) is 1. The Kier molecular flexibility index (Phi) is 5.21. The molecule has 3 aromatic heterocycles. The van der Waals surface area contributed by atoms with Crippen molar-refractivity contribution in [2.75, 3.05) is 12.0 Å². The smallest absolute Gasteiger partial charge is 0.268 e. The van der Waals surface area contributed by atoms with Gasteiger partial charge >= 0.3 is 0 Å². The third-order valence-corrected chi connectivity index (χ3v) is 5.88. The van der Waals surface area contributed by atoms with E-state index in [0.717, 1.165) is 41.9 Å². The van der Waals surface area contributed by atoms with Crippen LogP contribution in [0.25, 0.3) is 5.65 Å². The molecule has 0 bridgehead atoms. The van der Waals surface area contributed by atoms with Crippen molar-refractivity contribution in [1.82, 2.24) is 24.9 Å². The van der Waals surface area contributed by atoms with Gasteiger partial charge in [0.1, 0.15) is 5.69 Å². The van der Waals surface area contributed by atoms with Gasteiger partial charge in [0.05, 0.1) is 6.04 Å². The lowest BCUT2D eigenvalue weighted by atomic mass is 9.94. The lowest BCUT2D eigenvalue weighted by Gasteiger charge is -2.17. The van der Waals surface area contributed by atoms with Crippen molar-refractivity contribution in [2.24, 2.45) is 0 Å². The van der Waals surface area contributed by atoms with Crippen LogP contribution in [-0.2, 0) is 6.42 Å². The molecule has 0 saturated heterocycles. The number of amides is 1. The number of aromatic amines is 1. The molecular formula is C20H23N5O2S. The highest BCUT2D eigenvalue weighted by Gasteiger charge is 2.28. The van der Waals surface area contributed by atoms with Gasteiger partial charge in [-0.1, -0.05) is 6.07 Å². The van der Waals surface area contributed by atoms with Crippen LogP contribution in [0, 0.1) is 6.92 Å². The molecule has 28 heavy (non-hydrogen) atoms. The van der Waals surface area contributed by atoms with Crippen molar-refractivity contribution >= 4 is 29.1 Å². The maximum Gasteiger partial charge on any atom is 0.268 e. The number of hydrogen-bond donors (Lipinski definition) is 2. The van der Waals surface area contributed by atoms with Crippen LogP contribution in [-0.4, -0.2) is 43.3 Å². The lowest BCUT2D eigenvalue weighted by molar-refractivity contribution is 0.0928. The zero-order chi connectivity index (χ0) is 19.7. The van der Waals surface area contributed by atoms with Crippen LogP contribution in [0.5, 0.6) is 0 Å². The highest BCUT2D eigenvalue weighted by atomic mass is 32.2. The number of rotatable bonds is 6. The molecule has 0 aliphatic heterocycles. The number of nitrogens with zero attached hydrogens (tertiary/aromatic N) is 3. The maximum atomic E-state index is 13.1. The third kappa shape index (κ3) is 3.32. The molecule has 0 saturated carbocycles. The molecule has 0 radical (unpaired) electrons. The largest absolute Gasteiger partial charge is 0.354 e. The molecule has 1 aliphatic carbocycles. The number of nitrogens with one attached hydrogen (secondary N) is 2. The second-order valence-electron chi connectivity index (χ2n) is 7.05. The molecule has 3 aromatic rings. The SMILES string of the molecule is CSCCC(NC(=O)c1[nH]c2c(c1C)C(=O)CCC2)c1nnc2ccccn12. The summed E-state index contributed by atoms with van der Waals surface area (Å²) in [4.78, 5) is 28.5. The Bertz CT molecular complexity index is 1040. The molecule has 1 atom stereocenters. The number of carbonyl (C=O) groups excluding carboxylic acids is 2. The number of aryl methyl sites for hydroxylation is 1. The highest BCUT2D eigenvalue weighted by Crippen LogP contribution is 2.27. The summed E-state index contributed by atoms with van der Waals surface area (Å²) in [6, 6.07) is 5.45. The van der Waals surface area contributed by atoms with Gasteiger partial charge in [-0.25, -0.2) is 0 Å². The Hall–Kier alpha value is -2.61. The molecule has 146 valence electrons. The molecule has 1 amide bonds. The molecule has 8 heteroatoms. The Morgan fingerprint density at radius 1 is 1.36 bits per heavy atom. The Balaban J connectivity index is 1.64. The third-order valence-electron chi connectivity index (χ3n) is 5.23. The van der Waals surface area contributed by atoms with E-state index in [1.165, 1.54) is 0 Å². The monoisotopic (exact) mass is 397 g/mol. The second kappa shape index (κ2) is 7.79. The second-order valence-corrected chi connectivity index (χ2v) is 8.04. The number of thioether (sulfide) groups is 1. The summed E-state index contributed by atoms with van der Waals surface area (Å²) in [5, 5.41) is 11.6. The van der Waals surface area contributed by atoms with Crippen LogP contribution < -0.4 is 5.32 Å². The van der Waals surface area contributed by atoms with Gasteiger partial charge in [0.25, 0.3) is 5.91 Å². The summed E-state index contributed by atoms with van der Waals surface area (Å²) < 4.78 is 1.90. The average molecular weight is 398 g/mol. The van der Waals surface area contributed by atoms with Crippen LogP contribution >= 0.6 is 11.8 Å². The van der Waals surface area contributed by atoms with Gasteiger partial charge in [-0.15, -0.1) is 10.2 Å². The van der Waals surface area contributed by atoms with E-state index in [1.807, 2.05) is 42.0 Å². The molecule has 2 N–H and O–H groups in total. The summed E-state index contributed by atoms with van der Waals surface area (Å²) in [5.74, 6) is 1.50. The van der Waals surface area contributed by atoms with E-state index >= 15 is 0 Å². The van der Waals surface area contributed by atoms with Gasteiger partial charge in [-0.2, -0.15) is 11.8 Å². The minimum Gasteiger partial charge on any atom is -0.354 e. The number of fused-ring (bicyclic) bond motifs is 2. The standard InChI is InChI=1S/C20H23N5O2S/c1-12-17-13(6-5-7-15(17)26)21-18(12)20(27)22-14(9-11-28-2)19-24-23-16-8-3-4-10-25(16)19/h3-4,8,10,14,21H,5-7,9,11H2,1-2H3,(H,22,27). The molecule has 7 nitrogen and oxygen atoms in total. The minimum absolute atomic E-state index is 0.122. The predicted molar refractivity (Wildman–Crippen MR) is 109 cm³/mol. The zero-order valence-corrected chi connectivity index (χ0v) is 16.8. The van der Waals surface area contributed by atoms with E-state index in [9.17, 15) is 9.59 Å². The summed E-state index contributed by atoms with van der Waals surface area (Å²) in [6.45, 7) is 1.84. The number of carbonyl (C=O) groups is 2. The summed E-state index contributed by atoms with van der Waals surface area (Å²) in [6.07, 6.45) is 6.86. The number of pyridine rings is 1. The fourth-order valence-electron chi connectivity index (χ4n) is 3.83. The van der Waals surface area contributed by atoms with Gasteiger partial charge in [0.2, 0.25) is 0 Å². The lowest BCUT2D eigenvalue weighted by Crippen LogP contribution is -2.31. The van der Waals surface area contributed by atoms with Crippen LogP contribution in [0.15, 0.2) is 24.4 Å². The van der Waals surface area contributed by atoms with E-state index in [4.69, 9.17) is 0 Å². The van der Waals surface area contributed by atoms with Gasteiger partial charge < -0.3 is 10.3 Å². The quantitative estimate of drug-likeness (QED) is 0.667. The Morgan fingerprint density at radius 2 is 2.21 bits per heavy atom. The first-order valence-electron chi connectivity index (χ1n) is 9.44. The first kappa shape index (κ1) is 18.7. The molecule has 1 unspecified atom stereocenters. The number of H-pyrrole nitrogens is 1.